The number of nitrogens with zero attached hydrogens (tertiary/aromatic N) is 1. The average Bonchev–Trinajstić information content (AvgIpc) is 2.59. The van der Waals surface area contributed by atoms with Crippen LogP contribution in [0.15, 0.2) is 29.2 Å². The minimum absolute atomic E-state index is 0.00346. The first-order chi connectivity index (χ1) is 12.1. The number of nitrogens with one attached hydrogen (secondary N) is 1. The molecule has 146 valence electrons. The molecule has 1 rings (SSSR count). The van der Waals surface area contributed by atoms with E-state index >= 15 is 0 Å². The molecular formula is C17H25FN2O5S. The third-order valence-corrected chi connectivity index (χ3v) is 6.07. The predicted octanol–water partition coefficient (Wildman–Crippen LogP) is 1.84. The molecule has 2 atom stereocenters. The number of rotatable bonds is 10. The van der Waals surface area contributed by atoms with Gasteiger partial charge in [-0.2, -0.15) is 0 Å². The van der Waals surface area contributed by atoms with E-state index in [1.54, 1.807) is 6.92 Å². The van der Waals surface area contributed by atoms with Gasteiger partial charge in [0.15, 0.2) is 0 Å². The molecule has 1 aromatic rings. The summed E-state index contributed by atoms with van der Waals surface area (Å²) in [6.45, 7) is 3.65. The molecule has 0 spiro atoms. The first kappa shape index (κ1) is 22.0. The van der Waals surface area contributed by atoms with Crippen LogP contribution in [0.3, 0.4) is 0 Å². The van der Waals surface area contributed by atoms with Crippen molar-refractivity contribution in [1.29, 1.82) is 0 Å². The fourth-order valence-corrected chi connectivity index (χ4v) is 3.51. The predicted molar refractivity (Wildman–Crippen MR) is 94.5 cm³/mol. The lowest BCUT2D eigenvalue weighted by Crippen LogP contribution is -2.45. The van der Waals surface area contributed by atoms with E-state index in [9.17, 15) is 22.4 Å². The maximum absolute atomic E-state index is 12.9. The normalized spacial score (nSPS) is 14.0. The zero-order valence-electron chi connectivity index (χ0n) is 15.1. The van der Waals surface area contributed by atoms with Crippen molar-refractivity contribution in [1.82, 2.24) is 9.62 Å². The Hall–Kier alpha value is -2.00. The molecule has 0 saturated heterocycles. The molecular weight excluding hydrogens is 363 g/mol. The van der Waals surface area contributed by atoms with E-state index < -0.39 is 33.8 Å². The monoisotopic (exact) mass is 388 g/mol. The highest BCUT2D eigenvalue weighted by Crippen LogP contribution is 2.15. The number of benzene rings is 1. The summed E-state index contributed by atoms with van der Waals surface area (Å²) in [4.78, 5) is 23.1. The van der Waals surface area contributed by atoms with Crippen molar-refractivity contribution in [3.63, 3.8) is 0 Å². The maximum atomic E-state index is 12.9. The van der Waals surface area contributed by atoms with Gasteiger partial charge in [0.1, 0.15) is 11.9 Å². The Morgan fingerprint density at radius 2 is 1.85 bits per heavy atom. The number of amides is 1. The smallest absolute Gasteiger partial charge is 0.326 e. The van der Waals surface area contributed by atoms with Gasteiger partial charge >= 0.3 is 5.97 Å². The van der Waals surface area contributed by atoms with Crippen molar-refractivity contribution in [3.8, 4) is 0 Å². The van der Waals surface area contributed by atoms with E-state index in [1.807, 2.05) is 6.92 Å². The number of hydrogen-bond donors (Lipinski definition) is 2. The van der Waals surface area contributed by atoms with E-state index in [4.69, 9.17) is 5.11 Å². The summed E-state index contributed by atoms with van der Waals surface area (Å²) in [6, 6.07) is 3.52. The van der Waals surface area contributed by atoms with Gasteiger partial charge in [-0.3, -0.25) is 4.79 Å². The molecule has 1 aromatic carbocycles. The Morgan fingerprint density at radius 3 is 2.35 bits per heavy atom. The number of hydrogen-bond acceptors (Lipinski definition) is 4. The standard InChI is InChI=1S/C17H25FN2O5S/c1-4-12(2)16(17(22)23)19-15(21)6-5-11-20(3)26(24,25)14-9-7-13(18)8-10-14/h7-10,12,16H,4-6,11H2,1-3H3,(H,19,21)(H,22,23). The Labute approximate surface area is 153 Å². The van der Waals surface area contributed by atoms with Crippen LogP contribution >= 0.6 is 0 Å². The summed E-state index contributed by atoms with van der Waals surface area (Å²) in [5.74, 6) is -2.27. The summed E-state index contributed by atoms with van der Waals surface area (Å²) < 4.78 is 38.7. The molecule has 9 heteroatoms. The van der Waals surface area contributed by atoms with Crippen LogP contribution in [0.5, 0.6) is 0 Å². The van der Waals surface area contributed by atoms with E-state index in [0.29, 0.717) is 6.42 Å². The first-order valence-electron chi connectivity index (χ1n) is 8.33. The molecule has 0 radical (unpaired) electrons. The zero-order valence-corrected chi connectivity index (χ0v) is 15.9. The van der Waals surface area contributed by atoms with Gasteiger partial charge < -0.3 is 10.4 Å². The summed E-state index contributed by atoms with van der Waals surface area (Å²) in [5.41, 5.74) is 0. The van der Waals surface area contributed by atoms with Crippen molar-refractivity contribution >= 4 is 21.9 Å². The topological polar surface area (TPSA) is 104 Å². The number of aliphatic carboxylic acids is 1. The SMILES string of the molecule is CCC(C)C(NC(=O)CCCN(C)S(=O)(=O)c1ccc(F)cc1)C(=O)O. The Morgan fingerprint density at radius 1 is 1.27 bits per heavy atom. The van der Waals surface area contributed by atoms with Crippen LogP contribution in [0.25, 0.3) is 0 Å². The lowest BCUT2D eigenvalue weighted by atomic mass is 9.99. The van der Waals surface area contributed by atoms with Crippen LogP contribution in [0.4, 0.5) is 4.39 Å². The van der Waals surface area contributed by atoms with E-state index in [0.717, 1.165) is 16.4 Å². The Kier molecular flexibility index (Phi) is 8.16. The van der Waals surface area contributed by atoms with Gasteiger partial charge in [0.05, 0.1) is 4.90 Å². The molecule has 0 aliphatic rings. The third-order valence-electron chi connectivity index (χ3n) is 4.19. The highest BCUT2D eigenvalue weighted by atomic mass is 32.2. The zero-order chi connectivity index (χ0) is 19.9. The largest absolute Gasteiger partial charge is 0.480 e. The minimum atomic E-state index is -3.77. The number of carbonyl (C=O) groups excluding carboxylic acids is 1. The molecule has 0 aliphatic heterocycles. The molecule has 26 heavy (non-hydrogen) atoms. The number of sulfonamides is 1. The maximum Gasteiger partial charge on any atom is 0.326 e. The number of halogens is 1. The molecule has 0 aliphatic carbocycles. The lowest BCUT2D eigenvalue weighted by molar-refractivity contribution is -0.143. The van der Waals surface area contributed by atoms with Gasteiger partial charge in [0.25, 0.3) is 0 Å². The van der Waals surface area contributed by atoms with Crippen LogP contribution in [0, 0.1) is 11.7 Å². The molecule has 2 N–H and O–H groups in total. The highest BCUT2D eigenvalue weighted by Gasteiger charge is 2.25. The number of carbonyl (C=O) groups is 2. The summed E-state index contributed by atoms with van der Waals surface area (Å²) in [5, 5.41) is 11.6. The molecule has 2 unspecified atom stereocenters. The Bertz CT molecular complexity index is 721. The minimum Gasteiger partial charge on any atom is -0.480 e. The molecule has 1 amide bonds. The fraction of sp³-hybridized carbons (Fsp3) is 0.529. The Balaban J connectivity index is 2.57. The quantitative estimate of drug-likeness (QED) is 0.637. The third kappa shape index (κ3) is 6.06. The van der Waals surface area contributed by atoms with Crippen LogP contribution < -0.4 is 5.32 Å². The van der Waals surface area contributed by atoms with Crippen molar-refractivity contribution in [2.24, 2.45) is 5.92 Å². The number of carboxylic acids is 1. The molecule has 0 saturated carbocycles. The van der Waals surface area contributed by atoms with Gasteiger partial charge in [0, 0.05) is 20.0 Å². The second-order valence-corrected chi connectivity index (χ2v) is 8.20. The first-order valence-corrected chi connectivity index (χ1v) is 9.77. The van der Waals surface area contributed by atoms with Crippen molar-refractivity contribution in [3.05, 3.63) is 30.1 Å². The van der Waals surface area contributed by atoms with Crippen LogP contribution in [0.1, 0.15) is 33.1 Å². The summed E-state index contributed by atoms with van der Waals surface area (Å²) >= 11 is 0. The second-order valence-electron chi connectivity index (χ2n) is 6.15. The molecule has 0 aromatic heterocycles. The summed E-state index contributed by atoms with van der Waals surface area (Å²) in [7, 11) is -2.40. The van der Waals surface area contributed by atoms with Gasteiger partial charge in [-0.1, -0.05) is 20.3 Å². The van der Waals surface area contributed by atoms with Gasteiger partial charge in [-0.15, -0.1) is 0 Å². The van der Waals surface area contributed by atoms with Crippen LogP contribution in [-0.2, 0) is 19.6 Å². The summed E-state index contributed by atoms with van der Waals surface area (Å²) in [6.07, 6.45) is 0.842. The number of carboxylic acid groups (broad SMARTS) is 1. The molecule has 0 fully saturated rings. The average molecular weight is 388 g/mol. The van der Waals surface area contributed by atoms with E-state index in [-0.39, 0.29) is 30.2 Å². The van der Waals surface area contributed by atoms with Crippen molar-refractivity contribution in [2.45, 2.75) is 44.0 Å². The molecule has 0 bridgehead atoms. The van der Waals surface area contributed by atoms with E-state index in [1.165, 1.54) is 19.2 Å². The van der Waals surface area contributed by atoms with Crippen LogP contribution in [0.2, 0.25) is 0 Å². The van der Waals surface area contributed by atoms with Gasteiger partial charge in [-0.25, -0.2) is 21.9 Å². The van der Waals surface area contributed by atoms with Crippen molar-refractivity contribution in [2.75, 3.05) is 13.6 Å². The van der Waals surface area contributed by atoms with Gasteiger partial charge in [0.2, 0.25) is 15.9 Å². The van der Waals surface area contributed by atoms with Crippen molar-refractivity contribution < 1.29 is 27.5 Å². The fourth-order valence-electron chi connectivity index (χ4n) is 2.30. The second kappa shape index (κ2) is 9.63. The molecule has 7 nitrogen and oxygen atoms in total. The molecule has 0 heterocycles. The van der Waals surface area contributed by atoms with Crippen LogP contribution in [-0.4, -0.2) is 49.3 Å². The van der Waals surface area contributed by atoms with Gasteiger partial charge in [-0.05, 0) is 36.6 Å². The lowest BCUT2D eigenvalue weighted by Gasteiger charge is -2.21. The highest BCUT2D eigenvalue weighted by molar-refractivity contribution is 7.89. The van der Waals surface area contributed by atoms with E-state index in [2.05, 4.69) is 5.32 Å².